The number of nitrogens with zero attached hydrogens (tertiary/aromatic N) is 2. The van der Waals surface area contributed by atoms with Crippen LogP contribution in [0.3, 0.4) is 0 Å². The highest BCUT2D eigenvalue weighted by atomic mass is 14.8. The molecular formula is C9H10N4. The van der Waals surface area contributed by atoms with E-state index in [2.05, 4.69) is 9.97 Å². The van der Waals surface area contributed by atoms with Crippen molar-refractivity contribution in [1.29, 1.82) is 0 Å². The van der Waals surface area contributed by atoms with Gasteiger partial charge in [-0.05, 0) is 23.8 Å². The van der Waals surface area contributed by atoms with Crippen LogP contribution in [-0.4, -0.2) is 9.97 Å². The first kappa shape index (κ1) is 7.94. The SMILES string of the molecule is NCc1cnc2ccc(N)nc2c1. The van der Waals surface area contributed by atoms with E-state index in [0.717, 1.165) is 16.6 Å². The molecule has 2 rings (SSSR count). The van der Waals surface area contributed by atoms with Crippen LogP contribution in [0.2, 0.25) is 0 Å². The highest BCUT2D eigenvalue weighted by molar-refractivity contribution is 5.76. The molecule has 0 atom stereocenters. The number of fused-ring (bicyclic) bond motifs is 1. The predicted molar refractivity (Wildman–Crippen MR) is 51.8 cm³/mol. The van der Waals surface area contributed by atoms with Crippen LogP contribution in [-0.2, 0) is 6.54 Å². The van der Waals surface area contributed by atoms with Gasteiger partial charge in [0.05, 0.1) is 11.0 Å². The molecule has 2 aromatic rings. The van der Waals surface area contributed by atoms with E-state index in [1.165, 1.54) is 0 Å². The molecule has 2 aromatic heterocycles. The molecule has 0 bridgehead atoms. The third kappa shape index (κ3) is 1.43. The molecular weight excluding hydrogens is 164 g/mol. The van der Waals surface area contributed by atoms with E-state index < -0.39 is 0 Å². The summed E-state index contributed by atoms with van der Waals surface area (Å²) in [6, 6.07) is 5.48. The number of anilines is 1. The molecule has 0 unspecified atom stereocenters. The molecule has 13 heavy (non-hydrogen) atoms. The van der Waals surface area contributed by atoms with E-state index in [4.69, 9.17) is 11.5 Å². The molecule has 66 valence electrons. The van der Waals surface area contributed by atoms with Gasteiger partial charge in [-0.15, -0.1) is 0 Å². The molecule has 0 saturated heterocycles. The lowest BCUT2D eigenvalue weighted by Crippen LogP contribution is -1.98. The van der Waals surface area contributed by atoms with E-state index in [1.54, 1.807) is 12.3 Å². The van der Waals surface area contributed by atoms with Crippen molar-refractivity contribution < 1.29 is 0 Å². The van der Waals surface area contributed by atoms with Crippen molar-refractivity contribution in [3.63, 3.8) is 0 Å². The smallest absolute Gasteiger partial charge is 0.124 e. The van der Waals surface area contributed by atoms with Crippen LogP contribution >= 0.6 is 0 Å². The van der Waals surface area contributed by atoms with Crippen LogP contribution in [0.15, 0.2) is 24.4 Å². The average Bonchev–Trinajstić information content (AvgIpc) is 2.16. The van der Waals surface area contributed by atoms with Crippen LogP contribution in [0.4, 0.5) is 5.82 Å². The Bertz CT molecular complexity index is 439. The van der Waals surface area contributed by atoms with Crippen molar-refractivity contribution in [2.24, 2.45) is 5.73 Å². The number of hydrogen-bond acceptors (Lipinski definition) is 4. The summed E-state index contributed by atoms with van der Waals surface area (Å²) >= 11 is 0. The van der Waals surface area contributed by atoms with Crippen LogP contribution in [0.5, 0.6) is 0 Å². The predicted octanol–water partition coefficient (Wildman–Crippen LogP) is 0.671. The Hall–Kier alpha value is -1.68. The fourth-order valence-electron chi connectivity index (χ4n) is 1.18. The van der Waals surface area contributed by atoms with Gasteiger partial charge in [0.25, 0.3) is 0 Å². The number of nitrogen functional groups attached to an aromatic ring is 1. The summed E-state index contributed by atoms with van der Waals surface area (Å²) < 4.78 is 0. The molecule has 2 heterocycles. The lowest BCUT2D eigenvalue weighted by atomic mass is 10.2. The molecule has 0 aliphatic carbocycles. The Morgan fingerprint density at radius 2 is 2.08 bits per heavy atom. The van der Waals surface area contributed by atoms with Crippen LogP contribution in [0.25, 0.3) is 11.0 Å². The minimum Gasteiger partial charge on any atom is -0.384 e. The minimum atomic E-state index is 0.472. The Morgan fingerprint density at radius 3 is 2.85 bits per heavy atom. The first-order valence-electron chi connectivity index (χ1n) is 4.01. The Balaban J connectivity index is 2.68. The maximum absolute atomic E-state index is 5.55. The maximum Gasteiger partial charge on any atom is 0.124 e. The van der Waals surface area contributed by atoms with Crippen molar-refractivity contribution in [2.75, 3.05) is 5.73 Å². The van der Waals surface area contributed by atoms with Gasteiger partial charge in [-0.2, -0.15) is 0 Å². The summed E-state index contributed by atoms with van der Waals surface area (Å²) in [4.78, 5) is 8.34. The number of rotatable bonds is 1. The van der Waals surface area contributed by atoms with Gasteiger partial charge in [0.2, 0.25) is 0 Å². The van der Waals surface area contributed by atoms with E-state index in [0.29, 0.717) is 12.4 Å². The molecule has 4 nitrogen and oxygen atoms in total. The van der Waals surface area contributed by atoms with E-state index >= 15 is 0 Å². The maximum atomic E-state index is 5.55. The molecule has 4 heteroatoms. The summed E-state index contributed by atoms with van der Waals surface area (Å²) in [6.07, 6.45) is 1.75. The van der Waals surface area contributed by atoms with Gasteiger partial charge in [0, 0.05) is 12.7 Å². The molecule has 0 saturated carbocycles. The van der Waals surface area contributed by atoms with Gasteiger partial charge in [0.1, 0.15) is 5.82 Å². The zero-order chi connectivity index (χ0) is 9.26. The van der Waals surface area contributed by atoms with Crippen LogP contribution in [0.1, 0.15) is 5.56 Å². The summed E-state index contributed by atoms with van der Waals surface area (Å²) in [5, 5.41) is 0. The summed E-state index contributed by atoms with van der Waals surface area (Å²) in [6.45, 7) is 0.472. The van der Waals surface area contributed by atoms with Crippen molar-refractivity contribution in [2.45, 2.75) is 6.54 Å². The Morgan fingerprint density at radius 1 is 1.23 bits per heavy atom. The number of pyridine rings is 2. The fourth-order valence-corrected chi connectivity index (χ4v) is 1.18. The Labute approximate surface area is 75.6 Å². The van der Waals surface area contributed by atoms with E-state index in [9.17, 15) is 0 Å². The van der Waals surface area contributed by atoms with Crippen LogP contribution in [0, 0.1) is 0 Å². The third-order valence-electron chi connectivity index (χ3n) is 1.85. The van der Waals surface area contributed by atoms with Crippen molar-refractivity contribution in [1.82, 2.24) is 9.97 Å². The normalized spacial score (nSPS) is 10.5. The lowest BCUT2D eigenvalue weighted by Gasteiger charge is -2.00. The standard InChI is InChI=1S/C9H10N4/c10-4-6-3-8-7(12-5-6)1-2-9(11)13-8/h1-3,5H,4,10H2,(H2,11,13). The zero-order valence-corrected chi connectivity index (χ0v) is 7.07. The largest absolute Gasteiger partial charge is 0.384 e. The molecule has 0 fully saturated rings. The number of hydrogen-bond donors (Lipinski definition) is 2. The van der Waals surface area contributed by atoms with Gasteiger partial charge in [0.15, 0.2) is 0 Å². The molecule has 0 amide bonds. The van der Waals surface area contributed by atoms with Gasteiger partial charge >= 0.3 is 0 Å². The number of nitrogens with two attached hydrogens (primary N) is 2. The van der Waals surface area contributed by atoms with E-state index in [1.807, 2.05) is 12.1 Å². The first-order valence-corrected chi connectivity index (χ1v) is 4.01. The lowest BCUT2D eigenvalue weighted by molar-refractivity contribution is 1.06. The second kappa shape index (κ2) is 2.99. The summed E-state index contributed by atoms with van der Waals surface area (Å²) in [7, 11) is 0. The van der Waals surface area contributed by atoms with Gasteiger partial charge < -0.3 is 11.5 Å². The topological polar surface area (TPSA) is 77.8 Å². The van der Waals surface area contributed by atoms with Crippen molar-refractivity contribution in [3.05, 3.63) is 30.0 Å². The molecule has 0 aliphatic heterocycles. The van der Waals surface area contributed by atoms with Gasteiger partial charge in [-0.3, -0.25) is 4.98 Å². The van der Waals surface area contributed by atoms with Gasteiger partial charge in [-0.25, -0.2) is 4.98 Å². The molecule has 4 N–H and O–H groups in total. The molecule has 0 radical (unpaired) electrons. The highest BCUT2D eigenvalue weighted by Gasteiger charge is 1.97. The van der Waals surface area contributed by atoms with Crippen molar-refractivity contribution in [3.8, 4) is 0 Å². The van der Waals surface area contributed by atoms with Crippen molar-refractivity contribution >= 4 is 16.9 Å². The minimum absolute atomic E-state index is 0.472. The van der Waals surface area contributed by atoms with E-state index in [-0.39, 0.29) is 0 Å². The first-order chi connectivity index (χ1) is 6.29. The average molecular weight is 174 g/mol. The van der Waals surface area contributed by atoms with Gasteiger partial charge in [-0.1, -0.05) is 0 Å². The number of aromatic nitrogens is 2. The van der Waals surface area contributed by atoms with Crippen LogP contribution < -0.4 is 11.5 Å². The second-order valence-electron chi connectivity index (χ2n) is 2.82. The highest BCUT2D eigenvalue weighted by Crippen LogP contribution is 2.12. The monoisotopic (exact) mass is 174 g/mol. The zero-order valence-electron chi connectivity index (χ0n) is 7.07. The summed E-state index contributed by atoms with van der Waals surface area (Å²) in [5.41, 5.74) is 13.6. The second-order valence-corrected chi connectivity index (χ2v) is 2.82. The molecule has 0 aliphatic rings. The molecule has 0 aromatic carbocycles. The summed E-state index contributed by atoms with van der Waals surface area (Å²) in [5.74, 6) is 0.503. The quantitative estimate of drug-likeness (QED) is 0.666. The molecule has 0 spiro atoms. The third-order valence-corrected chi connectivity index (χ3v) is 1.85. The fraction of sp³-hybridized carbons (Fsp3) is 0.111. The Kier molecular flexibility index (Phi) is 1.83.